The van der Waals surface area contributed by atoms with Gasteiger partial charge in [-0.05, 0) is 26.2 Å². The van der Waals surface area contributed by atoms with Crippen molar-refractivity contribution < 1.29 is 18.9 Å². The maximum Gasteiger partial charge on any atom is 0.0704 e. The van der Waals surface area contributed by atoms with Gasteiger partial charge in [0, 0.05) is 19.2 Å². The first kappa shape index (κ1) is 18.8. The minimum absolute atomic E-state index is 0.255. The molecule has 0 aliphatic heterocycles. The minimum atomic E-state index is 0.255. The Morgan fingerprint density at radius 2 is 1.48 bits per heavy atom. The standard InChI is InChI=1S/C16H33NO4/c1-3-4-7-18-8-9-19-10-11-20-12-13-21-15(2)14-17-16-5-6-16/h15-17H,3-14H2,1-2H3. The van der Waals surface area contributed by atoms with Crippen molar-refractivity contribution in [2.45, 2.75) is 51.7 Å². The quantitative estimate of drug-likeness (QED) is 0.442. The molecule has 21 heavy (non-hydrogen) atoms. The zero-order valence-electron chi connectivity index (χ0n) is 13.8. The summed E-state index contributed by atoms with van der Waals surface area (Å²) in [6.07, 6.45) is 5.19. The summed E-state index contributed by atoms with van der Waals surface area (Å²) in [6.45, 7) is 9.86. The molecular formula is C16H33NO4. The highest BCUT2D eigenvalue weighted by atomic mass is 16.6. The van der Waals surface area contributed by atoms with E-state index in [1.807, 2.05) is 0 Å². The zero-order valence-corrected chi connectivity index (χ0v) is 13.8. The van der Waals surface area contributed by atoms with E-state index < -0.39 is 0 Å². The first-order valence-electron chi connectivity index (χ1n) is 8.41. The first-order chi connectivity index (χ1) is 10.3. The summed E-state index contributed by atoms with van der Waals surface area (Å²) in [6, 6.07) is 0.746. The summed E-state index contributed by atoms with van der Waals surface area (Å²) in [5, 5.41) is 3.45. The lowest BCUT2D eigenvalue weighted by molar-refractivity contribution is -0.0148. The molecule has 0 aromatic heterocycles. The van der Waals surface area contributed by atoms with Gasteiger partial charge in [0.05, 0.1) is 45.7 Å². The predicted octanol–water partition coefficient (Wildman–Crippen LogP) is 1.99. The summed E-state index contributed by atoms with van der Waals surface area (Å²) < 4.78 is 21.9. The van der Waals surface area contributed by atoms with Crippen LogP contribution in [0.15, 0.2) is 0 Å². The van der Waals surface area contributed by atoms with Crippen LogP contribution >= 0.6 is 0 Å². The Hall–Kier alpha value is -0.200. The lowest BCUT2D eigenvalue weighted by atomic mass is 10.4. The average Bonchev–Trinajstić information content (AvgIpc) is 3.30. The van der Waals surface area contributed by atoms with Crippen LogP contribution in [0.2, 0.25) is 0 Å². The second kappa shape index (κ2) is 13.5. The molecule has 1 fully saturated rings. The van der Waals surface area contributed by atoms with Gasteiger partial charge in [0.15, 0.2) is 0 Å². The van der Waals surface area contributed by atoms with E-state index in [0.717, 1.165) is 25.6 Å². The lowest BCUT2D eigenvalue weighted by Crippen LogP contribution is -2.29. The molecule has 1 unspecified atom stereocenters. The third-order valence-corrected chi connectivity index (χ3v) is 3.29. The molecule has 1 rings (SSSR count). The molecule has 1 aliphatic carbocycles. The number of ether oxygens (including phenoxy) is 4. The van der Waals surface area contributed by atoms with E-state index in [0.29, 0.717) is 39.6 Å². The Labute approximate surface area is 129 Å². The highest BCUT2D eigenvalue weighted by Crippen LogP contribution is 2.18. The Bertz CT molecular complexity index is 224. The normalized spacial score (nSPS) is 16.3. The van der Waals surface area contributed by atoms with Crippen LogP contribution in [-0.2, 0) is 18.9 Å². The molecule has 0 amide bonds. The molecule has 1 N–H and O–H groups in total. The molecule has 0 aromatic carbocycles. The molecule has 1 atom stereocenters. The van der Waals surface area contributed by atoms with Gasteiger partial charge in [-0.2, -0.15) is 0 Å². The fraction of sp³-hybridized carbons (Fsp3) is 1.00. The van der Waals surface area contributed by atoms with Gasteiger partial charge in [-0.15, -0.1) is 0 Å². The molecule has 0 bridgehead atoms. The number of rotatable bonds is 16. The van der Waals surface area contributed by atoms with E-state index in [9.17, 15) is 0 Å². The Balaban J connectivity index is 1.68. The maximum absolute atomic E-state index is 5.65. The van der Waals surface area contributed by atoms with Crippen LogP contribution in [0.4, 0.5) is 0 Å². The largest absolute Gasteiger partial charge is 0.379 e. The molecule has 5 nitrogen and oxygen atoms in total. The van der Waals surface area contributed by atoms with Crippen LogP contribution < -0.4 is 5.32 Å². The average molecular weight is 303 g/mol. The molecule has 0 spiro atoms. The van der Waals surface area contributed by atoms with Crippen LogP contribution in [0.1, 0.15) is 39.5 Å². The van der Waals surface area contributed by atoms with E-state index in [-0.39, 0.29) is 6.10 Å². The summed E-state index contributed by atoms with van der Waals surface area (Å²) >= 11 is 0. The van der Waals surface area contributed by atoms with Crippen molar-refractivity contribution in [3.05, 3.63) is 0 Å². The molecule has 1 aliphatic rings. The van der Waals surface area contributed by atoms with E-state index in [2.05, 4.69) is 19.2 Å². The topological polar surface area (TPSA) is 49.0 Å². The van der Waals surface area contributed by atoms with Crippen molar-refractivity contribution >= 4 is 0 Å². The van der Waals surface area contributed by atoms with E-state index in [1.54, 1.807) is 0 Å². The molecule has 0 saturated heterocycles. The molecule has 0 radical (unpaired) electrons. The van der Waals surface area contributed by atoms with Gasteiger partial charge in [0.2, 0.25) is 0 Å². The summed E-state index contributed by atoms with van der Waals surface area (Å²) in [5.74, 6) is 0. The fourth-order valence-electron chi connectivity index (χ4n) is 1.78. The molecule has 0 heterocycles. The van der Waals surface area contributed by atoms with Crippen molar-refractivity contribution in [2.24, 2.45) is 0 Å². The minimum Gasteiger partial charge on any atom is -0.379 e. The van der Waals surface area contributed by atoms with Crippen molar-refractivity contribution in [3.63, 3.8) is 0 Å². The third-order valence-electron chi connectivity index (χ3n) is 3.29. The SMILES string of the molecule is CCCCOCCOCCOCCOC(C)CNC1CC1. The highest BCUT2D eigenvalue weighted by molar-refractivity contribution is 4.81. The zero-order chi connectivity index (χ0) is 15.2. The Morgan fingerprint density at radius 1 is 0.905 bits per heavy atom. The van der Waals surface area contributed by atoms with E-state index in [1.165, 1.54) is 19.3 Å². The molecular weight excluding hydrogens is 270 g/mol. The van der Waals surface area contributed by atoms with Gasteiger partial charge in [-0.3, -0.25) is 0 Å². The number of unbranched alkanes of at least 4 members (excludes halogenated alkanes) is 1. The van der Waals surface area contributed by atoms with Gasteiger partial charge < -0.3 is 24.3 Å². The van der Waals surface area contributed by atoms with Crippen molar-refractivity contribution in [1.29, 1.82) is 0 Å². The molecule has 5 heteroatoms. The Morgan fingerprint density at radius 3 is 2.05 bits per heavy atom. The van der Waals surface area contributed by atoms with Crippen LogP contribution in [0, 0.1) is 0 Å². The Kier molecular flexibility index (Phi) is 12.1. The van der Waals surface area contributed by atoms with Crippen molar-refractivity contribution in [3.8, 4) is 0 Å². The predicted molar refractivity (Wildman–Crippen MR) is 83.8 cm³/mol. The van der Waals surface area contributed by atoms with Crippen LogP contribution in [0.3, 0.4) is 0 Å². The fourth-order valence-corrected chi connectivity index (χ4v) is 1.78. The van der Waals surface area contributed by atoms with Gasteiger partial charge in [0.25, 0.3) is 0 Å². The number of hydrogen-bond acceptors (Lipinski definition) is 5. The maximum atomic E-state index is 5.65. The summed E-state index contributed by atoms with van der Waals surface area (Å²) in [5.41, 5.74) is 0. The summed E-state index contributed by atoms with van der Waals surface area (Å²) in [4.78, 5) is 0. The highest BCUT2D eigenvalue weighted by Gasteiger charge is 2.20. The monoisotopic (exact) mass is 303 g/mol. The van der Waals surface area contributed by atoms with Crippen molar-refractivity contribution in [2.75, 3.05) is 52.8 Å². The third kappa shape index (κ3) is 13.2. The molecule has 126 valence electrons. The van der Waals surface area contributed by atoms with Gasteiger partial charge in [-0.25, -0.2) is 0 Å². The van der Waals surface area contributed by atoms with Crippen LogP contribution in [-0.4, -0.2) is 64.9 Å². The van der Waals surface area contributed by atoms with E-state index in [4.69, 9.17) is 18.9 Å². The summed E-state index contributed by atoms with van der Waals surface area (Å²) in [7, 11) is 0. The van der Waals surface area contributed by atoms with Crippen molar-refractivity contribution in [1.82, 2.24) is 5.32 Å². The second-order valence-electron chi connectivity index (χ2n) is 5.55. The second-order valence-corrected chi connectivity index (χ2v) is 5.55. The lowest BCUT2D eigenvalue weighted by Gasteiger charge is -2.13. The van der Waals surface area contributed by atoms with Gasteiger partial charge in [0.1, 0.15) is 0 Å². The van der Waals surface area contributed by atoms with Gasteiger partial charge in [-0.1, -0.05) is 13.3 Å². The van der Waals surface area contributed by atoms with Crippen LogP contribution in [0.5, 0.6) is 0 Å². The smallest absolute Gasteiger partial charge is 0.0704 e. The number of hydrogen-bond donors (Lipinski definition) is 1. The molecule has 1 saturated carbocycles. The van der Waals surface area contributed by atoms with Gasteiger partial charge >= 0.3 is 0 Å². The van der Waals surface area contributed by atoms with Crippen LogP contribution in [0.25, 0.3) is 0 Å². The number of nitrogens with one attached hydrogen (secondary N) is 1. The first-order valence-corrected chi connectivity index (χ1v) is 8.41. The molecule has 0 aromatic rings. The van der Waals surface area contributed by atoms with E-state index >= 15 is 0 Å².